The van der Waals surface area contributed by atoms with Crippen molar-refractivity contribution in [3.8, 4) is 5.75 Å². The summed E-state index contributed by atoms with van der Waals surface area (Å²) in [4.78, 5) is 30.9. The molecule has 1 N–H and O–H groups in total. The summed E-state index contributed by atoms with van der Waals surface area (Å²) in [7, 11) is 2.00. The van der Waals surface area contributed by atoms with Crippen molar-refractivity contribution in [3.05, 3.63) is 58.7 Å². The van der Waals surface area contributed by atoms with Crippen LogP contribution in [0.15, 0.2) is 36.4 Å². The van der Waals surface area contributed by atoms with Gasteiger partial charge in [0, 0.05) is 82.4 Å². The average molecular weight is 547 g/mol. The number of hydrogen-bond donors (Lipinski definition) is 1. The topological polar surface area (TPSA) is 65.1 Å². The first kappa shape index (κ1) is 28.9. The quantitative estimate of drug-likeness (QED) is 0.541. The van der Waals surface area contributed by atoms with E-state index in [0.29, 0.717) is 56.9 Å². The summed E-state index contributed by atoms with van der Waals surface area (Å²) < 4.78 is 48.0. The third-order valence-corrected chi connectivity index (χ3v) is 7.50. The molecule has 212 valence electrons. The number of ether oxygens (including phenoxy) is 1. The number of nitrogens with zero attached hydrogens (tertiary/aromatic N) is 3. The third kappa shape index (κ3) is 7.51. The lowest BCUT2D eigenvalue weighted by atomic mass is 10.0. The fourth-order valence-electron chi connectivity index (χ4n) is 5.00. The lowest BCUT2D eigenvalue weighted by Gasteiger charge is -2.33. The highest BCUT2D eigenvalue weighted by atomic mass is 19.4. The first-order valence-corrected chi connectivity index (χ1v) is 13.5. The Bertz CT molecular complexity index is 1170. The lowest BCUT2D eigenvalue weighted by Crippen LogP contribution is -2.44. The molecule has 7 nitrogen and oxygen atoms in total. The molecule has 4 rings (SSSR count). The van der Waals surface area contributed by atoms with Crippen LogP contribution in [0.4, 0.5) is 18.9 Å². The number of hydrogen-bond acceptors (Lipinski definition) is 5. The number of carbonyl (C=O) groups is 2. The van der Waals surface area contributed by atoms with Gasteiger partial charge in [-0.1, -0.05) is 19.1 Å². The van der Waals surface area contributed by atoms with Crippen molar-refractivity contribution in [1.29, 1.82) is 0 Å². The minimum Gasteiger partial charge on any atom is -0.490 e. The number of carbonyl (C=O) groups excluding carboxylic acids is 2. The number of rotatable bonds is 7. The van der Waals surface area contributed by atoms with Crippen molar-refractivity contribution in [2.45, 2.75) is 51.9 Å². The number of halogens is 3. The van der Waals surface area contributed by atoms with Crippen LogP contribution in [0.25, 0.3) is 0 Å². The average Bonchev–Trinajstić information content (AvgIpc) is 2.91. The molecule has 0 bridgehead atoms. The molecule has 2 aliphatic rings. The van der Waals surface area contributed by atoms with Crippen LogP contribution in [-0.2, 0) is 17.5 Å². The van der Waals surface area contributed by atoms with Crippen LogP contribution in [0, 0.1) is 6.92 Å². The van der Waals surface area contributed by atoms with E-state index in [9.17, 15) is 22.8 Å². The highest BCUT2D eigenvalue weighted by molar-refractivity contribution is 6.04. The first-order chi connectivity index (χ1) is 18.5. The predicted octanol–water partition coefficient (Wildman–Crippen LogP) is 4.79. The summed E-state index contributed by atoms with van der Waals surface area (Å²) in [6.07, 6.45) is -2.72. The van der Waals surface area contributed by atoms with Gasteiger partial charge in [0.05, 0.1) is 5.56 Å². The predicted molar refractivity (Wildman–Crippen MR) is 144 cm³/mol. The minimum absolute atomic E-state index is 0.0551. The van der Waals surface area contributed by atoms with Crippen molar-refractivity contribution in [3.63, 3.8) is 0 Å². The van der Waals surface area contributed by atoms with Gasteiger partial charge in [0.2, 0.25) is 5.91 Å². The Labute approximate surface area is 227 Å². The van der Waals surface area contributed by atoms with Gasteiger partial charge in [-0.2, -0.15) is 13.2 Å². The van der Waals surface area contributed by atoms with E-state index in [4.69, 9.17) is 4.74 Å². The van der Waals surface area contributed by atoms with Crippen molar-refractivity contribution in [2.75, 3.05) is 51.6 Å². The number of aryl methyl sites for hydroxylation is 1. The molecule has 2 amide bonds. The summed E-state index contributed by atoms with van der Waals surface area (Å²) >= 11 is 0. The van der Waals surface area contributed by atoms with Gasteiger partial charge in [0.25, 0.3) is 5.91 Å². The smallest absolute Gasteiger partial charge is 0.416 e. The van der Waals surface area contributed by atoms with Crippen molar-refractivity contribution in [1.82, 2.24) is 14.7 Å². The molecular weight excluding hydrogens is 509 g/mol. The molecule has 2 saturated heterocycles. The molecule has 2 aromatic rings. The summed E-state index contributed by atoms with van der Waals surface area (Å²) in [6, 6.07) is 9.01. The number of likely N-dealkylation sites (N-methyl/N-ethyl adjacent to an activating group) is 1. The SMILES string of the molecule is CCC(=O)N1CCC(Oc2cc(NC(=O)c3ccc(CN4CCN(C)CC4)c(C(F)(F)F)c3)ccc2C)CC1. The van der Waals surface area contributed by atoms with Crippen LogP contribution in [0.2, 0.25) is 0 Å². The first-order valence-electron chi connectivity index (χ1n) is 13.5. The fraction of sp³-hybridized carbons (Fsp3) is 0.517. The molecule has 0 unspecified atom stereocenters. The van der Waals surface area contributed by atoms with Gasteiger partial charge in [-0.15, -0.1) is 0 Å². The maximum absolute atomic E-state index is 13.9. The Morgan fingerprint density at radius 3 is 2.33 bits per heavy atom. The van der Waals surface area contributed by atoms with E-state index in [1.165, 1.54) is 12.1 Å². The van der Waals surface area contributed by atoms with Crippen molar-refractivity contribution in [2.24, 2.45) is 0 Å². The molecule has 0 aliphatic carbocycles. The second-order valence-corrected chi connectivity index (χ2v) is 10.4. The summed E-state index contributed by atoms with van der Waals surface area (Å²) in [6.45, 7) is 8.22. The van der Waals surface area contributed by atoms with Gasteiger partial charge >= 0.3 is 6.18 Å². The van der Waals surface area contributed by atoms with Crippen molar-refractivity contribution < 1.29 is 27.5 Å². The molecule has 0 spiro atoms. The van der Waals surface area contributed by atoms with Gasteiger partial charge in [-0.3, -0.25) is 14.5 Å². The maximum atomic E-state index is 13.9. The number of anilines is 1. The van der Waals surface area contributed by atoms with Crippen LogP contribution >= 0.6 is 0 Å². The zero-order valence-corrected chi connectivity index (χ0v) is 22.8. The van der Waals surface area contributed by atoms with E-state index in [1.54, 1.807) is 18.2 Å². The van der Waals surface area contributed by atoms with E-state index in [0.717, 1.165) is 24.7 Å². The van der Waals surface area contributed by atoms with Gasteiger partial charge in [-0.05, 0) is 43.3 Å². The summed E-state index contributed by atoms with van der Waals surface area (Å²) in [5.74, 6) is 0.120. The monoisotopic (exact) mass is 546 g/mol. The Hall–Kier alpha value is -3.11. The number of piperazine rings is 1. The van der Waals surface area contributed by atoms with Gasteiger partial charge in [-0.25, -0.2) is 0 Å². The molecule has 39 heavy (non-hydrogen) atoms. The zero-order chi connectivity index (χ0) is 28.2. The highest BCUT2D eigenvalue weighted by Crippen LogP contribution is 2.34. The molecule has 2 aliphatic heterocycles. The van der Waals surface area contributed by atoms with E-state index in [1.807, 2.05) is 30.7 Å². The Morgan fingerprint density at radius 2 is 1.69 bits per heavy atom. The molecule has 10 heteroatoms. The number of piperidine rings is 1. The Kier molecular flexibility index (Phi) is 9.17. The normalized spacial score (nSPS) is 17.7. The number of benzene rings is 2. The van der Waals surface area contributed by atoms with E-state index >= 15 is 0 Å². The highest BCUT2D eigenvalue weighted by Gasteiger charge is 2.34. The Balaban J connectivity index is 1.43. The van der Waals surface area contributed by atoms with Crippen LogP contribution < -0.4 is 10.1 Å². The molecule has 0 saturated carbocycles. The third-order valence-electron chi connectivity index (χ3n) is 7.50. The second-order valence-electron chi connectivity index (χ2n) is 10.4. The zero-order valence-electron chi connectivity index (χ0n) is 22.8. The van der Waals surface area contributed by atoms with Crippen LogP contribution in [0.3, 0.4) is 0 Å². The Morgan fingerprint density at radius 1 is 1.00 bits per heavy atom. The molecule has 2 fully saturated rings. The summed E-state index contributed by atoms with van der Waals surface area (Å²) in [5.41, 5.74) is 0.652. The van der Waals surface area contributed by atoms with Crippen LogP contribution in [0.5, 0.6) is 5.75 Å². The largest absolute Gasteiger partial charge is 0.490 e. The molecular formula is C29H37F3N4O3. The van der Waals surface area contributed by atoms with Crippen molar-refractivity contribution >= 4 is 17.5 Å². The summed E-state index contributed by atoms with van der Waals surface area (Å²) in [5, 5.41) is 2.72. The molecule has 2 heterocycles. The number of nitrogens with one attached hydrogen (secondary N) is 1. The second kappa shape index (κ2) is 12.4. The molecule has 2 aromatic carbocycles. The molecule has 0 atom stereocenters. The number of amides is 2. The maximum Gasteiger partial charge on any atom is 0.416 e. The van der Waals surface area contributed by atoms with E-state index in [2.05, 4.69) is 10.2 Å². The van der Waals surface area contributed by atoms with E-state index in [-0.39, 0.29) is 29.7 Å². The van der Waals surface area contributed by atoms with Crippen LogP contribution in [-0.4, -0.2) is 78.9 Å². The molecule has 0 radical (unpaired) electrons. The number of likely N-dealkylation sites (tertiary alicyclic amines) is 1. The standard InChI is InChI=1S/C29H37F3N4O3/c1-4-27(37)36-11-9-24(10-12-36)39-26-18-23(8-5-20(26)2)33-28(38)21-6-7-22(25(17-21)29(30,31)32)19-35-15-13-34(3)14-16-35/h5-8,17-18,24H,4,9-16,19H2,1-3H3,(H,33,38). The van der Waals surface area contributed by atoms with Gasteiger partial charge < -0.3 is 19.9 Å². The molecule has 0 aromatic heterocycles. The number of alkyl halides is 3. The van der Waals surface area contributed by atoms with Crippen LogP contribution in [0.1, 0.15) is 53.2 Å². The van der Waals surface area contributed by atoms with E-state index < -0.39 is 17.6 Å². The van der Waals surface area contributed by atoms with Gasteiger partial charge in [0.15, 0.2) is 0 Å². The fourth-order valence-corrected chi connectivity index (χ4v) is 5.00. The van der Waals surface area contributed by atoms with Gasteiger partial charge in [0.1, 0.15) is 11.9 Å². The minimum atomic E-state index is -4.57. The lowest BCUT2D eigenvalue weighted by molar-refractivity contribution is -0.138.